The highest BCUT2D eigenvalue weighted by atomic mass is 16.1. The van der Waals surface area contributed by atoms with Gasteiger partial charge in [-0.15, -0.1) is 0 Å². The summed E-state index contributed by atoms with van der Waals surface area (Å²) < 4.78 is 1.85. The fourth-order valence-corrected chi connectivity index (χ4v) is 1.79. The van der Waals surface area contributed by atoms with Crippen molar-refractivity contribution in [3.63, 3.8) is 0 Å². The molecule has 0 spiro atoms. The summed E-state index contributed by atoms with van der Waals surface area (Å²) in [6, 6.07) is 7.37. The molecule has 0 saturated carbocycles. The maximum Gasteiger partial charge on any atom is 0.153 e. The van der Waals surface area contributed by atoms with Crippen LogP contribution in [-0.4, -0.2) is 20.7 Å². The third kappa shape index (κ3) is 1.59. The minimum Gasteiger partial charge on any atom is -0.306 e. The molecule has 0 aliphatic carbocycles. The van der Waals surface area contributed by atoms with E-state index in [0.29, 0.717) is 11.2 Å². The van der Waals surface area contributed by atoms with Gasteiger partial charge in [-0.3, -0.25) is 9.78 Å². The number of hydrogen-bond donors (Lipinski definition) is 0. The highest BCUT2D eigenvalue weighted by molar-refractivity contribution is 5.85. The number of hydrogen-bond acceptors (Lipinski definition) is 3. The zero-order chi connectivity index (χ0) is 11.7. The van der Waals surface area contributed by atoms with Gasteiger partial charge in [0.15, 0.2) is 6.29 Å². The molecule has 0 bridgehead atoms. The summed E-state index contributed by atoms with van der Waals surface area (Å²) in [4.78, 5) is 19.3. The normalized spacial score (nSPS) is 10.6. The Morgan fingerprint density at radius 2 is 2.00 bits per heavy atom. The molecule has 4 heteroatoms. The Morgan fingerprint density at radius 3 is 2.76 bits per heavy atom. The minimum atomic E-state index is 0.591. The van der Waals surface area contributed by atoms with E-state index < -0.39 is 0 Å². The number of aromatic nitrogens is 3. The first-order chi connectivity index (χ1) is 8.38. The van der Waals surface area contributed by atoms with E-state index in [1.165, 1.54) is 0 Å². The fourth-order valence-electron chi connectivity index (χ4n) is 1.79. The second-order valence-corrected chi connectivity index (χ2v) is 3.67. The largest absolute Gasteiger partial charge is 0.306 e. The molecule has 3 aromatic rings. The Balaban J connectivity index is 2.24. The first-order valence-corrected chi connectivity index (χ1v) is 5.22. The van der Waals surface area contributed by atoms with E-state index >= 15 is 0 Å². The van der Waals surface area contributed by atoms with Gasteiger partial charge < -0.3 is 4.40 Å². The maximum absolute atomic E-state index is 10.9. The number of rotatable bonds is 2. The highest BCUT2D eigenvalue weighted by Crippen LogP contribution is 2.19. The van der Waals surface area contributed by atoms with Crippen molar-refractivity contribution in [2.75, 3.05) is 0 Å². The molecule has 0 fully saturated rings. The summed E-state index contributed by atoms with van der Waals surface area (Å²) in [5, 5.41) is 0. The summed E-state index contributed by atoms with van der Waals surface area (Å²) in [6.07, 6.45) is 8.04. The number of fused-ring (bicyclic) bond motifs is 1. The van der Waals surface area contributed by atoms with Crippen molar-refractivity contribution in [2.45, 2.75) is 0 Å². The fraction of sp³-hybridized carbons (Fsp3) is 0. The van der Waals surface area contributed by atoms with Crippen molar-refractivity contribution in [1.82, 2.24) is 14.4 Å². The molecule has 0 radical (unpaired) electrons. The molecule has 0 aromatic carbocycles. The molecule has 3 rings (SSSR count). The first kappa shape index (κ1) is 9.72. The molecule has 3 aromatic heterocycles. The van der Waals surface area contributed by atoms with E-state index in [4.69, 9.17) is 0 Å². The van der Waals surface area contributed by atoms with Crippen LogP contribution in [0, 0.1) is 0 Å². The van der Waals surface area contributed by atoms with E-state index in [1.54, 1.807) is 18.5 Å². The Labute approximate surface area is 97.6 Å². The molecule has 0 N–H and O–H groups in total. The second-order valence-electron chi connectivity index (χ2n) is 3.67. The van der Waals surface area contributed by atoms with Crippen molar-refractivity contribution in [2.24, 2.45) is 0 Å². The van der Waals surface area contributed by atoms with Crippen LogP contribution >= 0.6 is 0 Å². The van der Waals surface area contributed by atoms with Gasteiger partial charge in [0.1, 0.15) is 5.65 Å². The van der Waals surface area contributed by atoms with Crippen LogP contribution < -0.4 is 0 Å². The monoisotopic (exact) mass is 223 g/mol. The number of carbonyl (C=O) groups excluding carboxylic acids is 1. The average molecular weight is 223 g/mol. The Kier molecular flexibility index (Phi) is 2.19. The lowest BCUT2D eigenvalue weighted by atomic mass is 10.2. The van der Waals surface area contributed by atoms with Gasteiger partial charge in [-0.05, 0) is 24.3 Å². The Morgan fingerprint density at radius 1 is 1.18 bits per heavy atom. The second kappa shape index (κ2) is 3.83. The number of imidazole rings is 1. The molecule has 0 atom stereocenters. The van der Waals surface area contributed by atoms with Gasteiger partial charge in [0, 0.05) is 30.4 Å². The van der Waals surface area contributed by atoms with Crippen LogP contribution in [0.5, 0.6) is 0 Å². The first-order valence-electron chi connectivity index (χ1n) is 5.22. The average Bonchev–Trinajstić information content (AvgIpc) is 2.83. The summed E-state index contributed by atoms with van der Waals surface area (Å²) >= 11 is 0. The van der Waals surface area contributed by atoms with Crippen molar-refractivity contribution in [3.05, 3.63) is 54.6 Å². The Bertz CT molecular complexity index is 673. The summed E-state index contributed by atoms with van der Waals surface area (Å²) in [5.41, 5.74) is 3.09. The van der Waals surface area contributed by atoms with E-state index in [-0.39, 0.29) is 0 Å². The Hall–Kier alpha value is -2.49. The summed E-state index contributed by atoms with van der Waals surface area (Å²) in [6.45, 7) is 0. The number of aldehydes is 1. The molecule has 82 valence electrons. The summed E-state index contributed by atoms with van der Waals surface area (Å²) in [7, 11) is 0. The van der Waals surface area contributed by atoms with Gasteiger partial charge in [0.2, 0.25) is 0 Å². The van der Waals surface area contributed by atoms with Gasteiger partial charge in [-0.1, -0.05) is 0 Å². The van der Waals surface area contributed by atoms with Crippen LogP contribution in [-0.2, 0) is 0 Å². The van der Waals surface area contributed by atoms with Gasteiger partial charge in [-0.2, -0.15) is 0 Å². The molecule has 17 heavy (non-hydrogen) atoms. The molecule has 0 unspecified atom stereocenters. The molecule has 4 nitrogen and oxygen atoms in total. The molecule has 0 amide bonds. The van der Waals surface area contributed by atoms with Crippen molar-refractivity contribution in [3.8, 4) is 11.3 Å². The number of pyridine rings is 2. The van der Waals surface area contributed by atoms with E-state index in [2.05, 4.69) is 9.97 Å². The lowest BCUT2D eigenvalue weighted by Crippen LogP contribution is -1.88. The van der Waals surface area contributed by atoms with Gasteiger partial charge in [-0.25, -0.2) is 4.98 Å². The third-order valence-corrected chi connectivity index (χ3v) is 2.62. The maximum atomic E-state index is 10.9. The van der Waals surface area contributed by atoms with Crippen LogP contribution in [0.1, 0.15) is 10.4 Å². The number of nitrogens with zero attached hydrogens (tertiary/aromatic N) is 3. The molecule has 0 aliphatic rings. The van der Waals surface area contributed by atoms with Crippen molar-refractivity contribution < 1.29 is 4.79 Å². The predicted octanol–water partition coefficient (Wildman–Crippen LogP) is 2.21. The minimum absolute atomic E-state index is 0.591. The standard InChI is InChI=1S/C13H9N3O/c17-9-11-2-1-7-16-8-12(15-13(11)16)10-3-5-14-6-4-10/h1-9H. The van der Waals surface area contributed by atoms with Crippen LogP contribution in [0.15, 0.2) is 49.1 Å². The molecule has 0 aliphatic heterocycles. The zero-order valence-electron chi connectivity index (χ0n) is 8.95. The van der Waals surface area contributed by atoms with Crippen LogP contribution in [0.3, 0.4) is 0 Å². The third-order valence-electron chi connectivity index (χ3n) is 2.62. The zero-order valence-corrected chi connectivity index (χ0v) is 8.95. The number of carbonyl (C=O) groups is 1. The van der Waals surface area contributed by atoms with Crippen LogP contribution in [0.2, 0.25) is 0 Å². The van der Waals surface area contributed by atoms with E-state index in [0.717, 1.165) is 17.5 Å². The van der Waals surface area contributed by atoms with E-state index in [1.807, 2.05) is 35.0 Å². The molecule has 0 saturated heterocycles. The van der Waals surface area contributed by atoms with Crippen molar-refractivity contribution in [1.29, 1.82) is 0 Å². The topological polar surface area (TPSA) is 47.3 Å². The summed E-state index contributed by atoms with van der Waals surface area (Å²) in [5.74, 6) is 0. The highest BCUT2D eigenvalue weighted by Gasteiger charge is 2.06. The van der Waals surface area contributed by atoms with Gasteiger partial charge >= 0.3 is 0 Å². The van der Waals surface area contributed by atoms with Crippen LogP contribution in [0.25, 0.3) is 16.9 Å². The molecular weight excluding hydrogens is 214 g/mol. The van der Waals surface area contributed by atoms with E-state index in [9.17, 15) is 4.79 Å². The molecule has 3 heterocycles. The van der Waals surface area contributed by atoms with Gasteiger partial charge in [0.05, 0.1) is 11.3 Å². The lowest BCUT2D eigenvalue weighted by molar-refractivity contribution is 0.112. The lowest BCUT2D eigenvalue weighted by Gasteiger charge is -1.93. The van der Waals surface area contributed by atoms with Crippen LogP contribution in [0.4, 0.5) is 0 Å². The van der Waals surface area contributed by atoms with Crippen molar-refractivity contribution >= 4 is 11.9 Å². The molecular formula is C13H9N3O. The predicted molar refractivity (Wildman–Crippen MR) is 63.8 cm³/mol. The smallest absolute Gasteiger partial charge is 0.153 e. The quantitative estimate of drug-likeness (QED) is 0.626. The SMILES string of the molecule is O=Cc1cccn2cc(-c3ccncc3)nc12. The van der Waals surface area contributed by atoms with Gasteiger partial charge in [0.25, 0.3) is 0 Å².